The molecular weight excluding hydrogens is 178 g/mol. The van der Waals surface area contributed by atoms with Crippen molar-refractivity contribution in [3.8, 4) is 0 Å². The van der Waals surface area contributed by atoms with E-state index in [9.17, 15) is 0 Å². The van der Waals surface area contributed by atoms with Gasteiger partial charge in [-0.15, -0.1) is 10.2 Å². The standard InChI is InChI=1S/C10H19N3O/c1-8(2)13-7-11-12-9(13)6-10(3,4)14-5/h7-8H,6H2,1-5H3. The van der Waals surface area contributed by atoms with Gasteiger partial charge >= 0.3 is 0 Å². The first-order valence-corrected chi connectivity index (χ1v) is 4.90. The van der Waals surface area contributed by atoms with E-state index < -0.39 is 0 Å². The maximum Gasteiger partial charge on any atom is 0.135 e. The Hall–Kier alpha value is -0.900. The average molecular weight is 197 g/mol. The van der Waals surface area contributed by atoms with E-state index in [1.54, 1.807) is 13.4 Å². The van der Waals surface area contributed by atoms with Gasteiger partial charge in [0.05, 0.1) is 5.60 Å². The van der Waals surface area contributed by atoms with Gasteiger partial charge in [-0.2, -0.15) is 0 Å². The number of hydrogen-bond acceptors (Lipinski definition) is 3. The van der Waals surface area contributed by atoms with Crippen LogP contribution in [0.5, 0.6) is 0 Å². The summed E-state index contributed by atoms with van der Waals surface area (Å²) < 4.78 is 7.43. The van der Waals surface area contributed by atoms with E-state index in [1.807, 2.05) is 13.8 Å². The van der Waals surface area contributed by atoms with Crippen LogP contribution in [0.4, 0.5) is 0 Å². The molecule has 0 aromatic carbocycles. The number of methoxy groups -OCH3 is 1. The summed E-state index contributed by atoms with van der Waals surface area (Å²) in [5.74, 6) is 0.979. The number of hydrogen-bond donors (Lipinski definition) is 0. The lowest BCUT2D eigenvalue weighted by Gasteiger charge is -2.23. The van der Waals surface area contributed by atoms with Crippen molar-refractivity contribution in [3.63, 3.8) is 0 Å². The highest BCUT2D eigenvalue weighted by Crippen LogP contribution is 2.16. The fourth-order valence-electron chi connectivity index (χ4n) is 1.28. The number of nitrogens with zero attached hydrogens (tertiary/aromatic N) is 3. The molecule has 0 bridgehead atoms. The molecule has 0 N–H and O–H groups in total. The van der Waals surface area contributed by atoms with Crippen molar-refractivity contribution < 1.29 is 4.74 Å². The second-order valence-corrected chi connectivity index (χ2v) is 4.39. The van der Waals surface area contributed by atoms with Gasteiger partial charge in [-0.25, -0.2) is 0 Å². The monoisotopic (exact) mass is 197 g/mol. The first kappa shape index (κ1) is 11.2. The predicted octanol–water partition coefficient (Wildman–Crippen LogP) is 1.83. The van der Waals surface area contributed by atoms with Gasteiger partial charge in [0.25, 0.3) is 0 Å². The van der Waals surface area contributed by atoms with Gasteiger partial charge in [0, 0.05) is 19.6 Å². The van der Waals surface area contributed by atoms with Crippen molar-refractivity contribution in [3.05, 3.63) is 12.2 Å². The molecule has 0 aliphatic carbocycles. The fraction of sp³-hybridized carbons (Fsp3) is 0.800. The quantitative estimate of drug-likeness (QED) is 0.739. The molecule has 0 atom stereocenters. The molecule has 0 fully saturated rings. The van der Waals surface area contributed by atoms with Gasteiger partial charge in [-0.3, -0.25) is 0 Å². The summed E-state index contributed by atoms with van der Waals surface area (Å²) in [5.41, 5.74) is -0.181. The van der Waals surface area contributed by atoms with Crippen LogP contribution >= 0.6 is 0 Å². The van der Waals surface area contributed by atoms with Crippen LogP contribution in [0.2, 0.25) is 0 Å². The van der Waals surface area contributed by atoms with Crippen LogP contribution in [0.1, 0.15) is 39.6 Å². The fourth-order valence-corrected chi connectivity index (χ4v) is 1.28. The number of ether oxygens (including phenoxy) is 1. The smallest absolute Gasteiger partial charge is 0.135 e. The summed E-state index contributed by atoms with van der Waals surface area (Å²) in [6.45, 7) is 8.33. The predicted molar refractivity (Wildman–Crippen MR) is 55.2 cm³/mol. The van der Waals surface area contributed by atoms with E-state index in [0.717, 1.165) is 12.2 Å². The second-order valence-electron chi connectivity index (χ2n) is 4.39. The highest BCUT2D eigenvalue weighted by molar-refractivity contribution is 4.93. The molecule has 0 aliphatic rings. The van der Waals surface area contributed by atoms with Gasteiger partial charge in [-0.05, 0) is 27.7 Å². The highest BCUT2D eigenvalue weighted by atomic mass is 16.5. The summed E-state index contributed by atoms with van der Waals surface area (Å²) in [6.07, 6.45) is 2.55. The molecule has 1 rings (SSSR count). The Morgan fingerprint density at radius 3 is 2.64 bits per heavy atom. The van der Waals surface area contributed by atoms with Crippen molar-refractivity contribution >= 4 is 0 Å². The van der Waals surface area contributed by atoms with Crippen LogP contribution in [-0.4, -0.2) is 27.5 Å². The van der Waals surface area contributed by atoms with Crippen LogP contribution in [0.15, 0.2) is 6.33 Å². The largest absolute Gasteiger partial charge is 0.378 e. The molecule has 0 radical (unpaired) electrons. The third-order valence-electron chi connectivity index (χ3n) is 2.34. The van der Waals surface area contributed by atoms with Crippen molar-refractivity contribution in [2.24, 2.45) is 0 Å². The molecule has 1 aromatic rings. The summed E-state index contributed by atoms with van der Waals surface area (Å²) in [6, 6.07) is 0.396. The lowest BCUT2D eigenvalue weighted by molar-refractivity contribution is 0.0207. The van der Waals surface area contributed by atoms with Crippen molar-refractivity contribution in [2.45, 2.75) is 45.8 Å². The third-order valence-corrected chi connectivity index (χ3v) is 2.34. The van der Waals surface area contributed by atoms with Gasteiger partial charge in [0.2, 0.25) is 0 Å². The van der Waals surface area contributed by atoms with E-state index in [1.165, 1.54) is 0 Å². The Morgan fingerprint density at radius 2 is 2.14 bits per heavy atom. The van der Waals surface area contributed by atoms with Crippen LogP contribution in [0, 0.1) is 0 Å². The first-order valence-electron chi connectivity index (χ1n) is 4.90. The number of rotatable bonds is 4. The molecule has 1 heterocycles. The van der Waals surface area contributed by atoms with Crippen LogP contribution in [-0.2, 0) is 11.2 Å². The molecule has 80 valence electrons. The maximum atomic E-state index is 5.36. The zero-order chi connectivity index (χ0) is 10.8. The normalized spacial score (nSPS) is 12.4. The first-order chi connectivity index (χ1) is 6.46. The number of aromatic nitrogens is 3. The summed E-state index contributed by atoms with van der Waals surface area (Å²) in [5, 5.41) is 8.02. The van der Waals surface area contributed by atoms with Gasteiger partial charge in [-0.1, -0.05) is 0 Å². The van der Waals surface area contributed by atoms with Crippen LogP contribution in [0.25, 0.3) is 0 Å². The van der Waals surface area contributed by atoms with E-state index in [4.69, 9.17) is 4.74 Å². The molecule has 14 heavy (non-hydrogen) atoms. The van der Waals surface area contributed by atoms with Crippen LogP contribution in [0.3, 0.4) is 0 Å². The molecule has 0 saturated carbocycles. The minimum Gasteiger partial charge on any atom is -0.378 e. The molecule has 0 amide bonds. The second kappa shape index (κ2) is 4.09. The molecule has 1 aromatic heterocycles. The molecule has 0 saturated heterocycles. The van der Waals surface area contributed by atoms with Gasteiger partial charge in [0.15, 0.2) is 0 Å². The third kappa shape index (κ3) is 2.54. The lowest BCUT2D eigenvalue weighted by atomic mass is 10.0. The average Bonchev–Trinajstić information content (AvgIpc) is 2.51. The van der Waals surface area contributed by atoms with Crippen molar-refractivity contribution in [1.29, 1.82) is 0 Å². The topological polar surface area (TPSA) is 39.9 Å². The maximum absolute atomic E-state index is 5.36. The SMILES string of the molecule is COC(C)(C)Cc1nncn1C(C)C. The molecule has 0 spiro atoms. The minimum absolute atomic E-state index is 0.181. The van der Waals surface area contributed by atoms with E-state index in [-0.39, 0.29) is 5.60 Å². The van der Waals surface area contributed by atoms with Gasteiger partial charge < -0.3 is 9.30 Å². The summed E-state index contributed by atoms with van der Waals surface area (Å²) in [7, 11) is 1.72. The summed E-state index contributed by atoms with van der Waals surface area (Å²) >= 11 is 0. The zero-order valence-corrected chi connectivity index (χ0v) is 9.61. The Bertz CT molecular complexity index is 291. The Kier molecular flexibility index (Phi) is 3.26. The Labute approximate surface area is 85.3 Å². The zero-order valence-electron chi connectivity index (χ0n) is 9.61. The summed E-state index contributed by atoms with van der Waals surface area (Å²) in [4.78, 5) is 0. The molecule has 0 aliphatic heterocycles. The lowest BCUT2D eigenvalue weighted by Crippen LogP contribution is -2.27. The van der Waals surface area contributed by atoms with E-state index in [0.29, 0.717) is 6.04 Å². The highest BCUT2D eigenvalue weighted by Gasteiger charge is 2.21. The molecule has 4 heteroatoms. The molecule has 4 nitrogen and oxygen atoms in total. The molecular formula is C10H19N3O. The van der Waals surface area contributed by atoms with Gasteiger partial charge in [0.1, 0.15) is 12.2 Å². The van der Waals surface area contributed by atoms with Crippen molar-refractivity contribution in [1.82, 2.24) is 14.8 Å². The van der Waals surface area contributed by atoms with E-state index >= 15 is 0 Å². The van der Waals surface area contributed by atoms with Crippen LogP contribution < -0.4 is 0 Å². The minimum atomic E-state index is -0.181. The molecule has 0 unspecified atom stereocenters. The van der Waals surface area contributed by atoms with E-state index in [2.05, 4.69) is 28.6 Å². The Balaban J connectivity index is 2.81. The van der Waals surface area contributed by atoms with Crippen molar-refractivity contribution in [2.75, 3.05) is 7.11 Å². The Morgan fingerprint density at radius 1 is 1.50 bits per heavy atom.